The SMILES string of the molecule is CC(C)c1ccc(/C=C(\C(=O)c2cccnc2)c2nc3ccccc3o2)cc1. The highest BCUT2D eigenvalue weighted by molar-refractivity contribution is 6.31. The fraction of sp³-hybridized carbons (Fsp3) is 0.125. The van der Waals surface area contributed by atoms with Crippen molar-refractivity contribution in [1.29, 1.82) is 0 Å². The van der Waals surface area contributed by atoms with E-state index in [2.05, 4.69) is 35.9 Å². The standard InChI is InChI=1S/C24H20N2O2/c1-16(2)18-11-9-17(10-12-18)14-20(23(27)19-6-5-13-25-15-19)24-26-21-7-3-4-8-22(21)28-24/h3-16H,1-2H3/b20-14+. The van der Waals surface area contributed by atoms with Crippen LogP contribution in [0, 0.1) is 0 Å². The molecule has 0 fully saturated rings. The van der Waals surface area contributed by atoms with Gasteiger partial charge in [0.2, 0.25) is 5.89 Å². The molecule has 0 bridgehead atoms. The van der Waals surface area contributed by atoms with Crippen molar-refractivity contribution < 1.29 is 9.21 Å². The largest absolute Gasteiger partial charge is 0.436 e. The third-order valence-corrected chi connectivity index (χ3v) is 4.61. The molecule has 0 atom stereocenters. The number of hydrogen-bond acceptors (Lipinski definition) is 4. The van der Waals surface area contributed by atoms with E-state index in [1.165, 1.54) is 5.56 Å². The number of carbonyl (C=O) groups excluding carboxylic acids is 1. The van der Waals surface area contributed by atoms with Gasteiger partial charge in [-0.2, -0.15) is 0 Å². The van der Waals surface area contributed by atoms with Gasteiger partial charge in [0.1, 0.15) is 5.52 Å². The van der Waals surface area contributed by atoms with Crippen LogP contribution in [0.5, 0.6) is 0 Å². The molecule has 0 N–H and O–H groups in total. The Labute approximate surface area is 163 Å². The number of fused-ring (bicyclic) bond motifs is 1. The van der Waals surface area contributed by atoms with Gasteiger partial charge < -0.3 is 4.42 Å². The summed E-state index contributed by atoms with van der Waals surface area (Å²) >= 11 is 0. The number of hydrogen-bond donors (Lipinski definition) is 0. The predicted octanol–water partition coefficient (Wildman–Crippen LogP) is 5.77. The van der Waals surface area contributed by atoms with Crippen LogP contribution in [0.15, 0.2) is 77.5 Å². The highest BCUT2D eigenvalue weighted by atomic mass is 16.3. The molecule has 0 aliphatic carbocycles. The number of Topliss-reactive ketones (excluding diaryl/α,β-unsaturated/α-hetero) is 1. The van der Waals surface area contributed by atoms with Gasteiger partial charge in [0.05, 0.1) is 5.57 Å². The van der Waals surface area contributed by atoms with Gasteiger partial charge in [-0.15, -0.1) is 0 Å². The topological polar surface area (TPSA) is 56.0 Å². The molecule has 4 rings (SSSR count). The van der Waals surface area contributed by atoms with Crippen molar-refractivity contribution in [3.05, 3.63) is 95.6 Å². The van der Waals surface area contributed by atoms with Crippen LogP contribution < -0.4 is 0 Å². The Bertz CT molecular complexity index is 1110. The lowest BCUT2D eigenvalue weighted by Crippen LogP contribution is -2.03. The van der Waals surface area contributed by atoms with Crippen LogP contribution in [0.3, 0.4) is 0 Å². The number of benzene rings is 2. The number of ketones is 1. The first-order valence-corrected chi connectivity index (χ1v) is 9.24. The van der Waals surface area contributed by atoms with Gasteiger partial charge in [-0.05, 0) is 47.4 Å². The van der Waals surface area contributed by atoms with E-state index in [-0.39, 0.29) is 5.78 Å². The van der Waals surface area contributed by atoms with Crippen LogP contribution >= 0.6 is 0 Å². The smallest absolute Gasteiger partial charge is 0.231 e. The molecule has 28 heavy (non-hydrogen) atoms. The molecule has 4 aromatic rings. The number of nitrogens with zero attached hydrogens (tertiary/aromatic N) is 2. The molecule has 4 heteroatoms. The summed E-state index contributed by atoms with van der Waals surface area (Å²) < 4.78 is 5.89. The molecule has 2 heterocycles. The number of allylic oxidation sites excluding steroid dienone is 1. The third kappa shape index (κ3) is 3.62. The van der Waals surface area contributed by atoms with E-state index in [1.54, 1.807) is 24.5 Å². The first kappa shape index (κ1) is 17.9. The second kappa shape index (κ2) is 7.61. The van der Waals surface area contributed by atoms with Gasteiger partial charge in [0, 0.05) is 18.0 Å². The summed E-state index contributed by atoms with van der Waals surface area (Å²) in [6.45, 7) is 4.31. The minimum absolute atomic E-state index is 0.174. The van der Waals surface area contributed by atoms with E-state index in [0.717, 1.165) is 11.1 Å². The molecule has 0 unspecified atom stereocenters. The van der Waals surface area contributed by atoms with E-state index in [4.69, 9.17) is 4.42 Å². The summed E-state index contributed by atoms with van der Waals surface area (Å²) in [6, 6.07) is 19.1. The van der Waals surface area contributed by atoms with E-state index < -0.39 is 0 Å². The minimum atomic E-state index is -0.174. The average Bonchev–Trinajstić information content (AvgIpc) is 3.16. The zero-order chi connectivity index (χ0) is 19.5. The monoisotopic (exact) mass is 368 g/mol. The summed E-state index contributed by atoms with van der Waals surface area (Å²) in [6.07, 6.45) is 5.02. The van der Waals surface area contributed by atoms with Gasteiger partial charge in [0.25, 0.3) is 0 Å². The van der Waals surface area contributed by atoms with Crippen molar-refractivity contribution in [3.8, 4) is 0 Å². The third-order valence-electron chi connectivity index (χ3n) is 4.61. The van der Waals surface area contributed by atoms with Crippen molar-refractivity contribution in [3.63, 3.8) is 0 Å². The molecule has 0 radical (unpaired) electrons. The molecular weight excluding hydrogens is 348 g/mol. The van der Waals surface area contributed by atoms with Crippen LogP contribution in [0.4, 0.5) is 0 Å². The van der Waals surface area contributed by atoms with Gasteiger partial charge >= 0.3 is 0 Å². The van der Waals surface area contributed by atoms with Gasteiger partial charge in [-0.1, -0.05) is 50.2 Å². The molecule has 138 valence electrons. The van der Waals surface area contributed by atoms with Gasteiger partial charge in [0.15, 0.2) is 11.4 Å². The van der Waals surface area contributed by atoms with E-state index in [1.807, 2.05) is 42.5 Å². The van der Waals surface area contributed by atoms with Gasteiger partial charge in [-0.3, -0.25) is 9.78 Å². The second-order valence-electron chi connectivity index (χ2n) is 6.94. The maximum atomic E-state index is 13.2. The Hall–Kier alpha value is -3.53. The maximum Gasteiger partial charge on any atom is 0.231 e. The average molecular weight is 368 g/mol. The number of aromatic nitrogens is 2. The summed E-state index contributed by atoms with van der Waals surface area (Å²) in [5.41, 5.74) is 4.43. The fourth-order valence-corrected chi connectivity index (χ4v) is 3.01. The Morgan fingerprint density at radius 2 is 1.79 bits per heavy atom. The molecule has 0 saturated carbocycles. The lowest BCUT2D eigenvalue weighted by molar-refractivity contribution is 0.105. The summed E-state index contributed by atoms with van der Waals surface area (Å²) in [5, 5.41) is 0. The van der Waals surface area contributed by atoms with E-state index in [9.17, 15) is 4.79 Å². The molecule has 0 aliphatic heterocycles. The summed E-state index contributed by atoms with van der Waals surface area (Å²) in [7, 11) is 0. The van der Waals surface area contributed by atoms with Crippen molar-refractivity contribution in [2.45, 2.75) is 19.8 Å². The Morgan fingerprint density at radius 1 is 1.00 bits per heavy atom. The van der Waals surface area contributed by atoms with Crippen molar-refractivity contribution in [2.75, 3.05) is 0 Å². The summed E-state index contributed by atoms with van der Waals surface area (Å²) in [4.78, 5) is 21.8. The maximum absolute atomic E-state index is 13.2. The number of oxazole rings is 1. The fourth-order valence-electron chi connectivity index (χ4n) is 3.01. The van der Waals surface area contributed by atoms with Gasteiger partial charge in [-0.25, -0.2) is 4.98 Å². The van der Waals surface area contributed by atoms with Crippen molar-refractivity contribution >= 4 is 28.5 Å². The highest BCUT2D eigenvalue weighted by Crippen LogP contribution is 2.26. The number of para-hydroxylation sites is 2. The molecule has 4 nitrogen and oxygen atoms in total. The molecule has 0 saturated heterocycles. The predicted molar refractivity (Wildman–Crippen MR) is 111 cm³/mol. The number of rotatable bonds is 5. The van der Waals surface area contributed by atoms with E-state index >= 15 is 0 Å². The Balaban J connectivity index is 1.82. The molecule has 2 aromatic carbocycles. The lowest BCUT2D eigenvalue weighted by atomic mass is 9.99. The Kier molecular flexibility index (Phi) is 4.85. The highest BCUT2D eigenvalue weighted by Gasteiger charge is 2.20. The molecule has 2 aromatic heterocycles. The van der Waals surface area contributed by atoms with Crippen LogP contribution in [0.2, 0.25) is 0 Å². The molecule has 0 amide bonds. The first-order chi connectivity index (χ1) is 13.6. The van der Waals surface area contributed by atoms with Crippen LogP contribution in [0.1, 0.15) is 47.1 Å². The lowest BCUT2D eigenvalue weighted by Gasteiger charge is -2.06. The molecule has 0 spiro atoms. The van der Waals surface area contributed by atoms with Crippen molar-refractivity contribution in [1.82, 2.24) is 9.97 Å². The quantitative estimate of drug-likeness (QED) is 0.331. The first-order valence-electron chi connectivity index (χ1n) is 9.24. The van der Waals surface area contributed by atoms with E-state index in [0.29, 0.717) is 28.5 Å². The zero-order valence-electron chi connectivity index (χ0n) is 15.8. The second-order valence-corrected chi connectivity index (χ2v) is 6.94. The minimum Gasteiger partial charge on any atom is -0.436 e. The summed E-state index contributed by atoms with van der Waals surface area (Å²) in [5.74, 6) is 0.585. The zero-order valence-corrected chi connectivity index (χ0v) is 15.8. The Morgan fingerprint density at radius 3 is 2.46 bits per heavy atom. The van der Waals surface area contributed by atoms with Crippen molar-refractivity contribution in [2.24, 2.45) is 0 Å². The van der Waals surface area contributed by atoms with Crippen LogP contribution in [0.25, 0.3) is 22.7 Å². The van der Waals surface area contributed by atoms with Crippen LogP contribution in [-0.2, 0) is 0 Å². The number of pyridine rings is 1. The van der Waals surface area contributed by atoms with Crippen LogP contribution in [-0.4, -0.2) is 15.8 Å². The molecular formula is C24H20N2O2. The molecule has 0 aliphatic rings. The number of carbonyl (C=O) groups is 1. The normalized spacial score (nSPS) is 11.9.